The topological polar surface area (TPSA) is 66.4 Å². The van der Waals surface area contributed by atoms with Gasteiger partial charge in [0.2, 0.25) is 0 Å². The number of halogens is 4. The Morgan fingerprint density at radius 1 is 1.37 bits per heavy atom. The Morgan fingerprint density at radius 3 is 2.37 bits per heavy atom. The van der Waals surface area contributed by atoms with Crippen molar-refractivity contribution in [2.45, 2.75) is 6.18 Å². The van der Waals surface area contributed by atoms with Gasteiger partial charge in [0.25, 0.3) is 0 Å². The molecule has 19 heavy (non-hydrogen) atoms. The van der Waals surface area contributed by atoms with Crippen molar-refractivity contribution >= 4 is 33.5 Å². The molecule has 0 spiro atoms. The van der Waals surface area contributed by atoms with E-state index < -0.39 is 29.3 Å². The molecule has 1 rings (SSSR count). The molecule has 0 fully saturated rings. The Kier molecular flexibility index (Phi) is 4.21. The summed E-state index contributed by atoms with van der Waals surface area (Å²) in [7, 11) is 0. The minimum atomic E-state index is -5.14. The van der Waals surface area contributed by atoms with E-state index in [1.54, 1.807) is 0 Å². The molecule has 100 valence electrons. The van der Waals surface area contributed by atoms with Gasteiger partial charge in [-0.1, -0.05) is 21.9 Å². The van der Waals surface area contributed by atoms with Crippen LogP contribution in [0.4, 0.5) is 18.9 Å². The van der Waals surface area contributed by atoms with E-state index in [-0.39, 0.29) is 10.0 Å². The molecule has 0 aliphatic heterocycles. The standard InChI is InChI=1S/C11H5BrF3NO3/c1-2-5-3-6(12)4-7(9(17)18)8(5)16-10(19)11(13,14)15/h1,3-4H,(H,16,19)(H,17,18). The number of alkyl halides is 3. The Hall–Kier alpha value is -2.01. The smallest absolute Gasteiger partial charge is 0.471 e. The van der Waals surface area contributed by atoms with Crippen LogP contribution in [0.3, 0.4) is 0 Å². The number of carbonyl (C=O) groups is 2. The molecule has 0 atom stereocenters. The molecule has 0 aliphatic carbocycles. The highest BCUT2D eigenvalue weighted by molar-refractivity contribution is 9.10. The lowest BCUT2D eigenvalue weighted by atomic mass is 10.1. The number of benzene rings is 1. The fourth-order valence-electron chi connectivity index (χ4n) is 1.21. The molecule has 0 aromatic heterocycles. The number of carboxylic acids is 1. The molecule has 1 aromatic rings. The summed E-state index contributed by atoms with van der Waals surface area (Å²) >= 11 is 2.97. The largest absolute Gasteiger partial charge is 0.478 e. The van der Waals surface area contributed by atoms with E-state index in [0.29, 0.717) is 0 Å². The van der Waals surface area contributed by atoms with E-state index in [4.69, 9.17) is 11.5 Å². The number of carbonyl (C=O) groups excluding carboxylic acids is 1. The zero-order chi connectivity index (χ0) is 14.8. The zero-order valence-corrected chi connectivity index (χ0v) is 10.6. The lowest BCUT2D eigenvalue weighted by molar-refractivity contribution is -0.167. The first-order chi connectivity index (χ1) is 8.66. The second-order valence-electron chi connectivity index (χ2n) is 3.28. The Bertz CT molecular complexity index is 590. The lowest BCUT2D eigenvalue weighted by Crippen LogP contribution is -2.31. The molecule has 0 unspecified atom stereocenters. The minimum Gasteiger partial charge on any atom is -0.478 e. The summed E-state index contributed by atoms with van der Waals surface area (Å²) in [5, 5.41) is 10.4. The quantitative estimate of drug-likeness (QED) is 0.816. The van der Waals surface area contributed by atoms with E-state index in [9.17, 15) is 22.8 Å². The van der Waals surface area contributed by atoms with Crippen LogP contribution in [0, 0.1) is 12.3 Å². The highest BCUT2D eigenvalue weighted by Gasteiger charge is 2.39. The number of hydrogen-bond donors (Lipinski definition) is 2. The molecule has 0 radical (unpaired) electrons. The number of amides is 1. The number of hydrogen-bond acceptors (Lipinski definition) is 2. The van der Waals surface area contributed by atoms with Crippen LogP contribution in [0.15, 0.2) is 16.6 Å². The van der Waals surface area contributed by atoms with Gasteiger partial charge < -0.3 is 10.4 Å². The molecule has 2 N–H and O–H groups in total. The number of nitrogens with one attached hydrogen (secondary N) is 1. The van der Waals surface area contributed by atoms with Crippen molar-refractivity contribution in [1.29, 1.82) is 0 Å². The van der Waals surface area contributed by atoms with Crippen LogP contribution >= 0.6 is 15.9 Å². The van der Waals surface area contributed by atoms with Crippen LogP contribution in [0.25, 0.3) is 0 Å². The highest BCUT2D eigenvalue weighted by Crippen LogP contribution is 2.28. The number of rotatable bonds is 2. The first kappa shape index (κ1) is 15.0. The van der Waals surface area contributed by atoms with Gasteiger partial charge in [0.05, 0.1) is 11.3 Å². The second kappa shape index (κ2) is 5.32. The van der Waals surface area contributed by atoms with E-state index in [1.165, 1.54) is 11.4 Å². The van der Waals surface area contributed by atoms with Crippen molar-refractivity contribution in [3.05, 3.63) is 27.7 Å². The van der Waals surface area contributed by atoms with Crippen molar-refractivity contribution in [2.24, 2.45) is 0 Å². The molecular formula is C11H5BrF3NO3. The predicted octanol–water partition coefficient (Wildman–Crippen LogP) is 2.63. The van der Waals surface area contributed by atoms with E-state index >= 15 is 0 Å². The second-order valence-corrected chi connectivity index (χ2v) is 4.19. The summed E-state index contributed by atoms with van der Waals surface area (Å²) in [5.41, 5.74) is -1.29. The fraction of sp³-hybridized carbons (Fsp3) is 0.0909. The summed E-state index contributed by atoms with van der Waals surface area (Å²) in [5.74, 6) is -1.80. The van der Waals surface area contributed by atoms with Crippen molar-refractivity contribution in [2.75, 3.05) is 5.32 Å². The first-order valence-electron chi connectivity index (χ1n) is 4.58. The van der Waals surface area contributed by atoms with Crippen LogP contribution in [-0.4, -0.2) is 23.2 Å². The average Bonchev–Trinajstić information content (AvgIpc) is 2.28. The average molecular weight is 336 g/mol. The molecule has 0 heterocycles. The summed E-state index contributed by atoms with van der Waals surface area (Å²) in [6, 6.07) is 2.26. The van der Waals surface area contributed by atoms with Gasteiger partial charge in [-0.2, -0.15) is 13.2 Å². The molecule has 0 saturated carbocycles. The predicted molar refractivity (Wildman–Crippen MR) is 63.7 cm³/mol. The third-order valence-corrected chi connectivity index (χ3v) is 2.44. The molecule has 0 saturated heterocycles. The Labute approximate surface area is 113 Å². The van der Waals surface area contributed by atoms with E-state index in [0.717, 1.165) is 6.07 Å². The number of carboxylic acid groups (broad SMARTS) is 1. The highest BCUT2D eigenvalue weighted by atomic mass is 79.9. The van der Waals surface area contributed by atoms with Gasteiger partial charge in [0, 0.05) is 10.0 Å². The molecule has 4 nitrogen and oxygen atoms in total. The minimum absolute atomic E-state index is 0.177. The molecular weight excluding hydrogens is 331 g/mol. The van der Waals surface area contributed by atoms with Crippen molar-refractivity contribution < 1.29 is 27.9 Å². The maximum absolute atomic E-state index is 12.2. The van der Waals surface area contributed by atoms with Gasteiger partial charge in [-0.05, 0) is 12.1 Å². The van der Waals surface area contributed by atoms with E-state index in [2.05, 4.69) is 15.9 Å². The Balaban J connectivity index is 3.37. The summed E-state index contributed by atoms with van der Waals surface area (Å²) in [6.07, 6.45) is -0.0671. The first-order valence-corrected chi connectivity index (χ1v) is 5.37. The SMILES string of the molecule is C#Cc1cc(Br)cc(C(=O)O)c1NC(=O)C(F)(F)F. The molecule has 0 aliphatic rings. The molecule has 1 amide bonds. The summed E-state index contributed by atoms with van der Waals surface area (Å²) in [4.78, 5) is 21.8. The normalized spacial score (nSPS) is 10.7. The summed E-state index contributed by atoms with van der Waals surface area (Å²) in [6.45, 7) is 0. The van der Waals surface area contributed by atoms with Crippen LogP contribution < -0.4 is 5.32 Å². The zero-order valence-electron chi connectivity index (χ0n) is 9.01. The molecule has 1 aromatic carbocycles. The van der Waals surface area contributed by atoms with Crippen LogP contribution in [0.1, 0.15) is 15.9 Å². The number of terminal acetylenes is 1. The van der Waals surface area contributed by atoms with Gasteiger partial charge in [0.1, 0.15) is 0 Å². The van der Waals surface area contributed by atoms with Crippen molar-refractivity contribution in [1.82, 2.24) is 0 Å². The summed E-state index contributed by atoms with van der Waals surface area (Å²) < 4.78 is 36.8. The van der Waals surface area contributed by atoms with Gasteiger partial charge in [0.15, 0.2) is 0 Å². The van der Waals surface area contributed by atoms with Crippen LogP contribution in [0.5, 0.6) is 0 Å². The maximum Gasteiger partial charge on any atom is 0.471 e. The molecule has 8 heteroatoms. The molecule has 0 bridgehead atoms. The van der Waals surface area contributed by atoms with Crippen LogP contribution in [-0.2, 0) is 4.79 Å². The number of anilines is 1. The lowest BCUT2D eigenvalue weighted by Gasteiger charge is -2.13. The van der Waals surface area contributed by atoms with Crippen LogP contribution in [0.2, 0.25) is 0 Å². The van der Waals surface area contributed by atoms with Crippen molar-refractivity contribution in [3.63, 3.8) is 0 Å². The van der Waals surface area contributed by atoms with Gasteiger partial charge in [-0.15, -0.1) is 6.42 Å². The van der Waals surface area contributed by atoms with Gasteiger partial charge in [-0.3, -0.25) is 4.79 Å². The van der Waals surface area contributed by atoms with Crippen molar-refractivity contribution in [3.8, 4) is 12.3 Å². The third kappa shape index (κ3) is 3.48. The maximum atomic E-state index is 12.2. The number of aromatic carboxylic acids is 1. The fourth-order valence-corrected chi connectivity index (χ4v) is 1.67. The van der Waals surface area contributed by atoms with Gasteiger partial charge >= 0.3 is 18.1 Å². The third-order valence-electron chi connectivity index (χ3n) is 1.99. The van der Waals surface area contributed by atoms with Gasteiger partial charge in [-0.25, -0.2) is 4.79 Å². The monoisotopic (exact) mass is 335 g/mol. The van der Waals surface area contributed by atoms with E-state index in [1.807, 2.05) is 5.92 Å². The Morgan fingerprint density at radius 2 is 1.95 bits per heavy atom.